The molecular formula is C15H18N4S. The summed E-state index contributed by atoms with van der Waals surface area (Å²) in [6, 6.07) is 10.4. The minimum atomic E-state index is 0.850. The number of aryl methyl sites for hydroxylation is 1. The van der Waals surface area contributed by atoms with Crippen LogP contribution in [-0.2, 0) is 19.6 Å². The Labute approximate surface area is 122 Å². The molecule has 0 aliphatic heterocycles. The summed E-state index contributed by atoms with van der Waals surface area (Å²) in [6.45, 7) is 4.73. The van der Waals surface area contributed by atoms with Crippen LogP contribution in [0.1, 0.15) is 17.6 Å². The zero-order valence-corrected chi connectivity index (χ0v) is 12.6. The van der Waals surface area contributed by atoms with Gasteiger partial charge in [0.2, 0.25) is 0 Å². The molecule has 0 aliphatic rings. The number of benzene rings is 1. The number of hydrogen-bond acceptors (Lipinski definition) is 4. The lowest BCUT2D eigenvalue weighted by Gasteiger charge is -2.12. The number of rotatable bonds is 5. The van der Waals surface area contributed by atoms with E-state index in [-0.39, 0.29) is 0 Å². The highest BCUT2D eigenvalue weighted by Gasteiger charge is 2.08. The van der Waals surface area contributed by atoms with E-state index < -0.39 is 0 Å². The molecule has 0 saturated carbocycles. The minimum absolute atomic E-state index is 0.850. The van der Waals surface area contributed by atoms with Gasteiger partial charge in [-0.1, -0.05) is 12.1 Å². The van der Waals surface area contributed by atoms with Crippen LogP contribution in [0, 0.1) is 0 Å². The van der Waals surface area contributed by atoms with Crippen molar-refractivity contribution in [3.63, 3.8) is 0 Å². The van der Waals surface area contributed by atoms with E-state index in [0.29, 0.717) is 0 Å². The first kappa shape index (κ1) is 13.3. The number of nitrogens with zero attached hydrogens (tertiary/aromatic N) is 4. The summed E-state index contributed by atoms with van der Waals surface area (Å²) >= 11 is 1.77. The van der Waals surface area contributed by atoms with E-state index in [2.05, 4.69) is 53.2 Å². The standard InChI is InChI=1S/C15H18N4S/c1-3-19-9-8-12(17-19)10-18(2)11-15-16-13-6-4-5-7-14(13)20-15/h4-9H,3,10-11H2,1-2H3. The Hall–Kier alpha value is -1.72. The second-order valence-electron chi connectivity index (χ2n) is 4.91. The van der Waals surface area contributed by atoms with Gasteiger partial charge in [0.15, 0.2) is 0 Å². The summed E-state index contributed by atoms with van der Waals surface area (Å²) < 4.78 is 3.21. The van der Waals surface area contributed by atoms with Crippen molar-refractivity contribution < 1.29 is 0 Å². The molecule has 3 rings (SSSR count). The average Bonchev–Trinajstić information content (AvgIpc) is 3.04. The number of hydrogen-bond donors (Lipinski definition) is 0. The van der Waals surface area contributed by atoms with Gasteiger partial charge in [-0.2, -0.15) is 5.10 Å². The number of para-hydroxylation sites is 1. The Morgan fingerprint density at radius 2 is 2.05 bits per heavy atom. The quantitative estimate of drug-likeness (QED) is 0.722. The molecule has 5 heteroatoms. The first-order valence-electron chi connectivity index (χ1n) is 6.80. The molecular weight excluding hydrogens is 268 g/mol. The van der Waals surface area contributed by atoms with Crippen LogP contribution >= 0.6 is 11.3 Å². The summed E-state index contributed by atoms with van der Waals surface area (Å²) in [6.07, 6.45) is 2.03. The van der Waals surface area contributed by atoms with Gasteiger partial charge in [-0.25, -0.2) is 4.98 Å². The summed E-state index contributed by atoms with van der Waals surface area (Å²) in [7, 11) is 2.11. The largest absolute Gasteiger partial charge is 0.294 e. The molecule has 0 saturated heterocycles. The van der Waals surface area contributed by atoms with Crippen molar-refractivity contribution in [2.45, 2.75) is 26.6 Å². The van der Waals surface area contributed by atoms with Gasteiger partial charge in [0.1, 0.15) is 5.01 Å². The topological polar surface area (TPSA) is 34.0 Å². The predicted octanol–water partition coefficient (Wildman–Crippen LogP) is 3.14. The number of aromatic nitrogens is 3. The summed E-state index contributed by atoms with van der Waals surface area (Å²) in [4.78, 5) is 6.92. The molecule has 0 unspecified atom stereocenters. The van der Waals surface area contributed by atoms with Crippen molar-refractivity contribution in [3.05, 3.63) is 47.2 Å². The SMILES string of the molecule is CCn1ccc(CN(C)Cc2nc3ccccc3s2)n1. The Bertz CT molecular complexity index is 668. The Kier molecular flexibility index (Phi) is 3.80. The Balaban J connectivity index is 1.67. The summed E-state index contributed by atoms with van der Waals surface area (Å²) in [5, 5.41) is 5.67. The predicted molar refractivity (Wildman–Crippen MR) is 82.7 cm³/mol. The van der Waals surface area contributed by atoms with Crippen LogP contribution in [0.3, 0.4) is 0 Å². The molecule has 0 bridgehead atoms. The highest BCUT2D eigenvalue weighted by atomic mass is 32.1. The van der Waals surface area contributed by atoms with Crippen LogP contribution in [-0.4, -0.2) is 26.7 Å². The van der Waals surface area contributed by atoms with Crippen molar-refractivity contribution in [2.24, 2.45) is 0 Å². The fourth-order valence-corrected chi connectivity index (χ4v) is 3.26. The zero-order chi connectivity index (χ0) is 13.9. The van der Waals surface area contributed by atoms with Crippen LogP contribution in [0.4, 0.5) is 0 Å². The van der Waals surface area contributed by atoms with Crippen LogP contribution < -0.4 is 0 Å². The van der Waals surface area contributed by atoms with E-state index in [4.69, 9.17) is 0 Å². The van der Waals surface area contributed by atoms with Gasteiger partial charge in [0.05, 0.1) is 22.5 Å². The van der Waals surface area contributed by atoms with Crippen molar-refractivity contribution in [1.82, 2.24) is 19.7 Å². The Morgan fingerprint density at radius 1 is 1.20 bits per heavy atom. The fraction of sp³-hybridized carbons (Fsp3) is 0.333. The van der Waals surface area contributed by atoms with Gasteiger partial charge in [-0.15, -0.1) is 11.3 Å². The fourth-order valence-electron chi connectivity index (χ4n) is 2.22. The third-order valence-corrected chi connectivity index (χ3v) is 4.22. The van der Waals surface area contributed by atoms with E-state index in [1.54, 1.807) is 11.3 Å². The highest BCUT2D eigenvalue weighted by molar-refractivity contribution is 7.18. The third kappa shape index (κ3) is 2.89. The van der Waals surface area contributed by atoms with Crippen LogP contribution in [0.25, 0.3) is 10.2 Å². The van der Waals surface area contributed by atoms with Crippen LogP contribution in [0.2, 0.25) is 0 Å². The minimum Gasteiger partial charge on any atom is -0.294 e. The molecule has 0 amide bonds. The van der Waals surface area contributed by atoms with Crippen LogP contribution in [0.5, 0.6) is 0 Å². The normalized spacial score (nSPS) is 11.6. The molecule has 2 aromatic heterocycles. The molecule has 1 aromatic carbocycles. The van der Waals surface area contributed by atoms with Gasteiger partial charge in [0.25, 0.3) is 0 Å². The van der Waals surface area contributed by atoms with Crippen molar-refractivity contribution in [1.29, 1.82) is 0 Å². The highest BCUT2D eigenvalue weighted by Crippen LogP contribution is 2.22. The first-order valence-corrected chi connectivity index (χ1v) is 7.61. The van der Waals surface area contributed by atoms with Crippen molar-refractivity contribution in [2.75, 3.05) is 7.05 Å². The summed E-state index contributed by atoms with van der Waals surface area (Å²) in [5.74, 6) is 0. The van der Waals surface area contributed by atoms with E-state index >= 15 is 0 Å². The van der Waals surface area contributed by atoms with Gasteiger partial charge in [-0.3, -0.25) is 9.58 Å². The molecule has 104 valence electrons. The van der Waals surface area contributed by atoms with Gasteiger partial charge < -0.3 is 0 Å². The van der Waals surface area contributed by atoms with Gasteiger partial charge in [-0.05, 0) is 32.2 Å². The average molecular weight is 286 g/mol. The maximum Gasteiger partial charge on any atom is 0.108 e. The number of fused-ring (bicyclic) bond motifs is 1. The van der Waals surface area contributed by atoms with Gasteiger partial charge in [0, 0.05) is 19.3 Å². The van der Waals surface area contributed by atoms with Crippen molar-refractivity contribution >= 4 is 21.6 Å². The van der Waals surface area contributed by atoms with E-state index in [1.165, 1.54) is 4.70 Å². The van der Waals surface area contributed by atoms with Crippen molar-refractivity contribution in [3.8, 4) is 0 Å². The van der Waals surface area contributed by atoms with E-state index in [0.717, 1.165) is 35.9 Å². The molecule has 20 heavy (non-hydrogen) atoms. The molecule has 0 N–H and O–H groups in total. The molecule has 0 fully saturated rings. The molecule has 0 spiro atoms. The first-order chi connectivity index (χ1) is 9.74. The van der Waals surface area contributed by atoms with Crippen LogP contribution in [0.15, 0.2) is 36.5 Å². The molecule has 2 heterocycles. The molecule has 0 aliphatic carbocycles. The maximum absolute atomic E-state index is 4.67. The lowest BCUT2D eigenvalue weighted by Crippen LogP contribution is -2.17. The summed E-state index contributed by atoms with van der Waals surface area (Å²) in [5.41, 5.74) is 2.20. The molecule has 3 aromatic rings. The smallest absolute Gasteiger partial charge is 0.108 e. The maximum atomic E-state index is 4.67. The van der Waals surface area contributed by atoms with E-state index in [1.807, 2.05) is 16.9 Å². The molecule has 0 atom stereocenters. The lowest BCUT2D eigenvalue weighted by molar-refractivity contribution is 0.313. The monoisotopic (exact) mass is 286 g/mol. The molecule has 4 nitrogen and oxygen atoms in total. The van der Waals surface area contributed by atoms with Gasteiger partial charge >= 0.3 is 0 Å². The Morgan fingerprint density at radius 3 is 2.80 bits per heavy atom. The zero-order valence-electron chi connectivity index (χ0n) is 11.8. The molecule has 0 radical (unpaired) electrons. The number of thiazole rings is 1. The lowest BCUT2D eigenvalue weighted by atomic mass is 10.3. The van der Waals surface area contributed by atoms with E-state index in [9.17, 15) is 0 Å². The second-order valence-corrected chi connectivity index (χ2v) is 6.03. The third-order valence-electron chi connectivity index (χ3n) is 3.20. The second kappa shape index (κ2) is 5.73.